The predicted octanol–water partition coefficient (Wildman–Crippen LogP) is 4.51. The van der Waals surface area contributed by atoms with Crippen LogP contribution < -0.4 is 0 Å². The lowest BCUT2D eigenvalue weighted by molar-refractivity contribution is -0.290. The van der Waals surface area contributed by atoms with Gasteiger partial charge in [-0.2, -0.15) is 22.0 Å². The molecule has 1 rings (SSSR count). The van der Waals surface area contributed by atoms with Gasteiger partial charge in [-0.05, 0) is 24.5 Å². The van der Waals surface area contributed by atoms with Gasteiger partial charge in [-0.3, -0.25) is 4.21 Å². The summed E-state index contributed by atoms with van der Waals surface area (Å²) in [6, 6.07) is 1.12. The minimum Gasteiger partial charge on any atom is -0.478 e. The van der Waals surface area contributed by atoms with Crippen molar-refractivity contribution in [2.45, 2.75) is 50.1 Å². The summed E-state index contributed by atoms with van der Waals surface area (Å²) in [4.78, 5) is 10.5. The summed E-state index contributed by atoms with van der Waals surface area (Å²) in [7, 11) is -2.16. The molecule has 0 aromatic heterocycles. The largest absolute Gasteiger partial charge is 0.478 e. The number of unbranched alkanes of at least 4 members (excludes halogenated alkanes) is 1. The molecular weight excluding hydrogens is 355 g/mol. The highest BCUT2D eigenvalue weighted by Crippen LogP contribution is 2.46. The summed E-state index contributed by atoms with van der Waals surface area (Å²) >= 11 is 0. The number of hydrogen-bond acceptors (Lipinski definition) is 2. The minimum absolute atomic E-state index is 0.118. The van der Waals surface area contributed by atoms with Crippen LogP contribution in [0.25, 0.3) is 0 Å². The van der Waals surface area contributed by atoms with E-state index in [9.17, 15) is 31.0 Å². The first-order valence-corrected chi connectivity index (χ1v) is 8.53. The third kappa shape index (κ3) is 3.93. The molecule has 0 spiro atoms. The maximum absolute atomic E-state index is 13.8. The van der Waals surface area contributed by atoms with Crippen LogP contribution in [0.2, 0.25) is 0 Å². The van der Waals surface area contributed by atoms with Gasteiger partial charge in [0.25, 0.3) is 0 Å². The molecule has 1 aromatic carbocycles. The molecule has 136 valence electrons. The highest BCUT2D eigenvalue weighted by Gasteiger charge is 2.60. The van der Waals surface area contributed by atoms with Crippen LogP contribution in [0.1, 0.15) is 48.2 Å². The summed E-state index contributed by atoms with van der Waals surface area (Å²) in [6.07, 6.45) is -5.08. The van der Waals surface area contributed by atoms with Crippen molar-refractivity contribution in [1.82, 2.24) is 0 Å². The fourth-order valence-corrected chi connectivity index (χ4v) is 3.94. The molecular formula is C15H17F5O3S. The first kappa shape index (κ1) is 20.5. The Morgan fingerprint density at radius 2 is 1.75 bits per heavy atom. The maximum atomic E-state index is 13.8. The number of alkyl halides is 5. The van der Waals surface area contributed by atoms with E-state index in [2.05, 4.69) is 0 Å². The number of aromatic carboxylic acids is 1. The van der Waals surface area contributed by atoms with Gasteiger partial charge in [0.1, 0.15) is 0 Å². The fourth-order valence-electron chi connectivity index (χ4n) is 2.22. The second-order valence-corrected chi connectivity index (χ2v) is 6.61. The van der Waals surface area contributed by atoms with Crippen LogP contribution in [-0.2, 0) is 23.1 Å². The number of halogens is 5. The van der Waals surface area contributed by atoms with E-state index in [0.29, 0.717) is 25.0 Å². The molecule has 0 fully saturated rings. The number of carboxylic acid groups (broad SMARTS) is 1. The molecule has 0 saturated heterocycles. The zero-order valence-electron chi connectivity index (χ0n) is 13.0. The molecule has 0 unspecified atom stereocenters. The lowest BCUT2D eigenvalue weighted by atomic mass is 9.98. The molecule has 0 saturated carbocycles. The van der Waals surface area contributed by atoms with E-state index in [1.54, 1.807) is 6.92 Å². The van der Waals surface area contributed by atoms with E-state index in [1.807, 2.05) is 0 Å². The van der Waals surface area contributed by atoms with Crippen LogP contribution in [0.15, 0.2) is 17.0 Å². The lowest BCUT2D eigenvalue weighted by Crippen LogP contribution is -2.35. The Morgan fingerprint density at radius 3 is 2.17 bits per heavy atom. The predicted molar refractivity (Wildman–Crippen MR) is 78.9 cm³/mol. The Morgan fingerprint density at radius 1 is 1.17 bits per heavy atom. The SMILES string of the molecule is CCCC[S@@](=O)c1c(C(F)(F)C(F)(F)F)ccc(C(=O)O)c1CC. The van der Waals surface area contributed by atoms with Gasteiger partial charge in [0.05, 0.1) is 21.3 Å². The van der Waals surface area contributed by atoms with Crippen molar-refractivity contribution in [2.75, 3.05) is 5.75 Å². The van der Waals surface area contributed by atoms with Crippen LogP contribution in [0, 0.1) is 0 Å². The van der Waals surface area contributed by atoms with Gasteiger partial charge in [0.15, 0.2) is 0 Å². The van der Waals surface area contributed by atoms with Crippen LogP contribution >= 0.6 is 0 Å². The van der Waals surface area contributed by atoms with Gasteiger partial charge in [0.2, 0.25) is 0 Å². The van der Waals surface area contributed by atoms with E-state index >= 15 is 0 Å². The number of carboxylic acids is 1. The molecule has 3 nitrogen and oxygen atoms in total. The smallest absolute Gasteiger partial charge is 0.458 e. The van der Waals surface area contributed by atoms with E-state index in [1.165, 1.54) is 6.92 Å². The number of rotatable bonds is 7. The average molecular weight is 372 g/mol. The van der Waals surface area contributed by atoms with Crippen molar-refractivity contribution in [3.8, 4) is 0 Å². The Kier molecular flexibility index (Phi) is 6.49. The Labute approximate surface area is 138 Å². The third-order valence-electron chi connectivity index (χ3n) is 3.45. The molecule has 0 aliphatic carbocycles. The van der Waals surface area contributed by atoms with Gasteiger partial charge in [-0.15, -0.1) is 0 Å². The topological polar surface area (TPSA) is 54.4 Å². The van der Waals surface area contributed by atoms with Gasteiger partial charge in [-0.1, -0.05) is 26.3 Å². The van der Waals surface area contributed by atoms with Crippen molar-refractivity contribution >= 4 is 16.8 Å². The van der Waals surface area contributed by atoms with E-state index in [4.69, 9.17) is 5.11 Å². The summed E-state index contributed by atoms with van der Waals surface area (Å²) in [5, 5.41) is 9.12. The normalized spacial score (nSPS) is 13.8. The highest BCUT2D eigenvalue weighted by atomic mass is 32.2. The molecule has 0 bridgehead atoms. The summed E-state index contributed by atoms with van der Waals surface area (Å²) in [6.45, 7) is 3.16. The molecule has 0 aliphatic heterocycles. The Bertz CT molecular complexity index is 641. The molecule has 0 amide bonds. The number of hydrogen-bond donors (Lipinski definition) is 1. The van der Waals surface area contributed by atoms with Gasteiger partial charge in [-0.25, -0.2) is 4.79 Å². The zero-order valence-corrected chi connectivity index (χ0v) is 13.9. The van der Waals surface area contributed by atoms with E-state index < -0.39 is 44.9 Å². The maximum Gasteiger partial charge on any atom is 0.458 e. The highest BCUT2D eigenvalue weighted by molar-refractivity contribution is 7.85. The average Bonchev–Trinajstić information content (AvgIpc) is 2.49. The number of carbonyl (C=O) groups is 1. The van der Waals surface area contributed by atoms with Crippen molar-refractivity contribution in [3.05, 3.63) is 28.8 Å². The quantitative estimate of drug-likeness (QED) is 0.717. The van der Waals surface area contributed by atoms with Crippen molar-refractivity contribution in [1.29, 1.82) is 0 Å². The molecule has 0 heterocycles. The first-order valence-electron chi connectivity index (χ1n) is 7.21. The molecule has 0 radical (unpaired) electrons. The fraction of sp³-hybridized carbons (Fsp3) is 0.533. The van der Waals surface area contributed by atoms with Crippen molar-refractivity contribution in [3.63, 3.8) is 0 Å². The molecule has 0 aliphatic rings. The number of benzene rings is 1. The molecule has 1 N–H and O–H groups in total. The Balaban J connectivity index is 3.71. The van der Waals surface area contributed by atoms with Crippen LogP contribution in [0.5, 0.6) is 0 Å². The third-order valence-corrected chi connectivity index (χ3v) is 5.03. The molecule has 24 heavy (non-hydrogen) atoms. The molecule has 1 atom stereocenters. The minimum atomic E-state index is -5.87. The van der Waals surface area contributed by atoms with E-state index in [0.717, 1.165) is 0 Å². The summed E-state index contributed by atoms with van der Waals surface area (Å²) in [5.74, 6) is -6.80. The zero-order chi connectivity index (χ0) is 18.7. The molecule has 9 heteroatoms. The summed E-state index contributed by atoms with van der Waals surface area (Å²) in [5.41, 5.74) is -2.11. The van der Waals surface area contributed by atoms with Crippen LogP contribution in [-0.4, -0.2) is 27.2 Å². The van der Waals surface area contributed by atoms with Gasteiger partial charge in [0, 0.05) is 11.3 Å². The van der Waals surface area contributed by atoms with Crippen molar-refractivity contribution < 1.29 is 36.1 Å². The lowest BCUT2D eigenvalue weighted by Gasteiger charge is -2.24. The molecule has 1 aromatic rings. The first-order chi connectivity index (χ1) is 11.0. The second kappa shape index (κ2) is 7.58. The summed E-state index contributed by atoms with van der Waals surface area (Å²) < 4.78 is 78.3. The monoisotopic (exact) mass is 372 g/mol. The van der Waals surface area contributed by atoms with Crippen LogP contribution in [0.3, 0.4) is 0 Å². The van der Waals surface area contributed by atoms with Gasteiger partial charge < -0.3 is 5.11 Å². The van der Waals surface area contributed by atoms with Gasteiger partial charge >= 0.3 is 18.1 Å². The van der Waals surface area contributed by atoms with Crippen molar-refractivity contribution in [2.24, 2.45) is 0 Å². The second-order valence-electron chi connectivity index (χ2n) is 5.10. The standard InChI is InChI=1S/C15H17F5O3S/c1-3-5-8-24(23)12-9(4-2)10(13(21)22)6-7-11(12)14(16,17)15(18,19)20/h6-7H,3-5,8H2,1-2H3,(H,21,22)/t24-/m1/s1. The van der Waals surface area contributed by atoms with Crippen LogP contribution in [0.4, 0.5) is 22.0 Å². The van der Waals surface area contributed by atoms with E-state index in [-0.39, 0.29) is 17.7 Å². The Hall–Kier alpha value is -1.51.